The summed E-state index contributed by atoms with van der Waals surface area (Å²) in [4.78, 5) is 12.2. The first-order chi connectivity index (χ1) is 12.7. The van der Waals surface area contributed by atoms with Crippen molar-refractivity contribution in [3.05, 3.63) is 75.8 Å². The maximum Gasteiger partial charge on any atom is 0.251 e. The summed E-state index contributed by atoms with van der Waals surface area (Å²) in [5, 5.41) is 15.3. The Balaban J connectivity index is 1.66. The minimum absolute atomic E-state index is 0.0550. The molecule has 2 aliphatic rings. The third-order valence-corrected chi connectivity index (χ3v) is 5.78. The maximum atomic E-state index is 12.2. The molecule has 5 heteroatoms. The Morgan fingerprint density at radius 1 is 1.23 bits per heavy atom. The predicted molar refractivity (Wildman–Crippen MR) is 106 cm³/mol. The second-order valence-electron chi connectivity index (χ2n) is 6.81. The third kappa shape index (κ3) is 3.17. The Kier molecular flexibility index (Phi) is 4.83. The molecule has 1 aliphatic heterocycles. The summed E-state index contributed by atoms with van der Waals surface area (Å²) < 4.78 is 1.08. The van der Waals surface area contributed by atoms with Crippen LogP contribution in [0.2, 0.25) is 0 Å². The number of nitrogens with one attached hydrogen (secondary N) is 2. The normalized spacial score (nSPS) is 23.1. The van der Waals surface area contributed by atoms with Crippen LogP contribution in [0.4, 0.5) is 5.69 Å². The average molecular weight is 413 g/mol. The highest BCUT2D eigenvalue weighted by Crippen LogP contribution is 2.49. The van der Waals surface area contributed by atoms with Gasteiger partial charge in [-0.05, 0) is 53.8 Å². The summed E-state index contributed by atoms with van der Waals surface area (Å²) in [5.41, 5.74) is 4.18. The number of anilines is 1. The number of fused-ring (bicyclic) bond motifs is 3. The van der Waals surface area contributed by atoms with Gasteiger partial charge in [0.05, 0.1) is 12.6 Å². The quantitative estimate of drug-likeness (QED) is 0.665. The second kappa shape index (κ2) is 7.25. The molecule has 3 atom stereocenters. The van der Waals surface area contributed by atoms with Crippen molar-refractivity contribution in [1.29, 1.82) is 0 Å². The lowest BCUT2D eigenvalue weighted by Gasteiger charge is -2.37. The van der Waals surface area contributed by atoms with Gasteiger partial charge in [0.25, 0.3) is 5.91 Å². The highest BCUT2D eigenvalue weighted by molar-refractivity contribution is 9.10. The van der Waals surface area contributed by atoms with E-state index < -0.39 is 0 Å². The lowest BCUT2D eigenvalue weighted by atomic mass is 9.76. The van der Waals surface area contributed by atoms with Gasteiger partial charge in [0, 0.05) is 28.2 Å². The van der Waals surface area contributed by atoms with Gasteiger partial charge in [0.1, 0.15) is 0 Å². The lowest BCUT2D eigenvalue weighted by Crippen LogP contribution is -2.30. The van der Waals surface area contributed by atoms with Gasteiger partial charge in [0.2, 0.25) is 0 Å². The molecule has 4 nitrogen and oxygen atoms in total. The molecule has 0 unspecified atom stereocenters. The number of hydrogen-bond donors (Lipinski definition) is 3. The van der Waals surface area contributed by atoms with E-state index in [1.807, 2.05) is 18.2 Å². The van der Waals surface area contributed by atoms with Gasteiger partial charge in [0.15, 0.2) is 0 Å². The Morgan fingerprint density at radius 3 is 2.81 bits per heavy atom. The molecule has 0 radical (unpaired) electrons. The molecule has 134 valence electrons. The van der Waals surface area contributed by atoms with Crippen LogP contribution in [-0.4, -0.2) is 24.2 Å². The van der Waals surface area contributed by atoms with E-state index in [1.54, 1.807) is 0 Å². The van der Waals surface area contributed by atoms with Gasteiger partial charge in [-0.25, -0.2) is 0 Å². The van der Waals surface area contributed by atoms with Crippen molar-refractivity contribution in [2.75, 3.05) is 18.5 Å². The minimum Gasteiger partial charge on any atom is -0.395 e. The van der Waals surface area contributed by atoms with Crippen LogP contribution in [0.1, 0.15) is 39.9 Å². The lowest BCUT2D eigenvalue weighted by molar-refractivity contribution is 0.0944. The monoisotopic (exact) mass is 412 g/mol. The minimum atomic E-state index is -0.143. The zero-order valence-electron chi connectivity index (χ0n) is 14.3. The zero-order chi connectivity index (χ0) is 18.1. The smallest absolute Gasteiger partial charge is 0.251 e. The molecule has 26 heavy (non-hydrogen) atoms. The molecular formula is C21H21BrN2O2. The van der Waals surface area contributed by atoms with Gasteiger partial charge < -0.3 is 15.7 Å². The molecule has 1 heterocycles. The summed E-state index contributed by atoms with van der Waals surface area (Å²) in [6, 6.07) is 14.6. The molecule has 0 bridgehead atoms. The fourth-order valence-electron chi connectivity index (χ4n) is 4.01. The molecule has 0 spiro atoms. The number of benzene rings is 2. The molecule has 3 N–H and O–H groups in total. The molecule has 0 saturated carbocycles. The number of hydrogen-bond acceptors (Lipinski definition) is 3. The van der Waals surface area contributed by atoms with Crippen molar-refractivity contribution in [3.8, 4) is 0 Å². The first-order valence-electron chi connectivity index (χ1n) is 8.89. The van der Waals surface area contributed by atoms with Gasteiger partial charge in [-0.2, -0.15) is 0 Å². The van der Waals surface area contributed by atoms with E-state index in [-0.39, 0.29) is 25.1 Å². The number of carbonyl (C=O) groups is 1. The third-order valence-electron chi connectivity index (χ3n) is 5.25. The SMILES string of the molecule is O=C(NCCO)c1ccc2c(c1)[C@@H]1C=CC[C@@H]1[C@H](c1ccc(Br)cc1)N2. The first-order valence-corrected chi connectivity index (χ1v) is 9.68. The Bertz CT molecular complexity index is 848. The molecule has 4 rings (SSSR count). The summed E-state index contributed by atoms with van der Waals surface area (Å²) in [5.74, 6) is 0.611. The zero-order valence-corrected chi connectivity index (χ0v) is 15.9. The largest absolute Gasteiger partial charge is 0.395 e. The van der Waals surface area contributed by atoms with Crippen LogP contribution in [-0.2, 0) is 0 Å². The summed E-state index contributed by atoms with van der Waals surface area (Å²) in [6.07, 6.45) is 5.54. The van der Waals surface area contributed by atoms with Gasteiger partial charge in [-0.1, -0.05) is 40.2 Å². The number of allylic oxidation sites excluding steroid dienone is 2. The molecule has 0 aromatic heterocycles. The highest BCUT2D eigenvalue weighted by atomic mass is 79.9. The van der Waals surface area contributed by atoms with E-state index in [2.05, 4.69) is 63.0 Å². The van der Waals surface area contributed by atoms with Gasteiger partial charge in [-0.15, -0.1) is 0 Å². The molecule has 1 amide bonds. The average Bonchev–Trinajstić information content (AvgIpc) is 3.16. The highest BCUT2D eigenvalue weighted by Gasteiger charge is 2.38. The number of amides is 1. The molecule has 2 aromatic rings. The summed E-state index contributed by atoms with van der Waals surface area (Å²) >= 11 is 3.50. The van der Waals surface area contributed by atoms with Crippen LogP contribution in [0.5, 0.6) is 0 Å². The van der Waals surface area contributed by atoms with Crippen molar-refractivity contribution < 1.29 is 9.90 Å². The van der Waals surface area contributed by atoms with E-state index in [4.69, 9.17) is 5.11 Å². The van der Waals surface area contributed by atoms with Gasteiger partial charge >= 0.3 is 0 Å². The topological polar surface area (TPSA) is 61.4 Å². The predicted octanol–water partition coefficient (Wildman–Crippen LogP) is 4.00. The number of rotatable bonds is 4. The second-order valence-corrected chi connectivity index (χ2v) is 7.72. The maximum absolute atomic E-state index is 12.2. The van der Waals surface area contributed by atoms with Crippen LogP contribution in [0.25, 0.3) is 0 Å². The van der Waals surface area contributed by atoms with Crippen molar-refractivity contribution in [1.82, 2.24) is 5.32 Å². The fraction of sp³-hybridized carbons (Fsp3) is 0.286. The molecule has 1 aliphatic carbocycles. The van der Waals surface area contributed by atoms with E-state index in [0.29, 0.717) is 17.4 Å². The van der Waals surface area contributed by atoms with E-state index >= 15 is 0 Å². The number of aliphatic hydroxyl groups excluding tert-OH is 1. The van der Waals surface area contributed by atoms with Crippen molar-refractivity contribution in [3.63, 3.8) is 0 Å². The molecular weight excluding hydrogens is 392 g/mol. The summed E-state index contributed by atoms with van der Waals surface area (Å²) in [7, 11) is 0. The van der Waals surface area contributed by atoms with E-state index in [0.717, 1.165) is 16.6 Å². The Morgan fingerprint density at radius 2 is 2.04 bits per heavy atom. The van der Waals surface area contributed by atoms with E-state index in [1.165, 1.54) is 11.1 Å². The van der Waals surface area contributed by atoms with E-state index in [9.17, 15) is 4.79 Å². The Hall–Kier alpha value is -2.11. The number of carbonyl (C=O) groups excluding carboxylic acids is 1. The number of aliphatic hydroxyl groups is 1. The van der Waals surface area contributed by atoms with Crippen molar-refractivity contribution in [2.45, 2.75) is 18.4 Å². The van der Waals surface area contributed by atoms with Crippen LogP contribution >= 0.6 is 15.9 Å². The summed E-state index contributed by atoms with van der Waals surface area (Å²) in [6.45, 7) is 0.215. The molecule has 0 saturated heterocycles. The standard InChI is InChI=1S/C21H21BrN2O2/c22-15-7-4-13(5-8-15)20-17-3-1-2-16(17)18-12-14(6-9-19(18)24-20)21(26)23-10-11-25/h1-2,4-9,12,16-17,20,24-25H,3,10-11H2,(H,23,26)/t16-,17+,20+/m1/s1. The number of halogens is 1. The molecule has 0 fully saturated rings. The van der Waals surface area contributed by atoms with Crippen molar-refractivity contribution >= 4 is 27.5 Å². The van der Waals surface area contributed by atoms with Crippen LogP contribution in [0.3, 0.4) is 0 Å². The van der Waals surface area contributed by atoms with Crippen LogP contribution in [0.15, 0.2) is 59.1 Å². The van der Waals surface area contributed by atoms with Gasteiger partial charge in [-0.3, -0.25) is 4.79 Å². The fourth-order valence-corrected chi connectivity index (χ4v) is 4.27. The Labute approximate surface area is 161 Å². The van der Waals surface area contributed by atoms with Crippen LogP contribution < -0.4 is 10.6 Å². The first kappa shape index (κ1) is 17.3. The molecule has 2 aromatic carbocycles. The van der Waals surface area contributed by atoms with Crippen LogP contribution in [0, 0.1) is 5.92 Å². The van der Waals surface area contributed by atoms with Crippen molar-refractivity contribution in [2.24, 2.45) is 5.92 Å².